The Morgan fingerprint density at radius 3 is 2.35 bits per heavy atom. The van der Waals surface area contributed by atoms with Crippen molar-refractivity contribution in [2.75, 3.05) is 23.3 Å². The first-order valence-corrected chi connectivity index (χ1v) is 11.2. The number of nitrogens with two attached hydrogens (primary N) is 1. The zero-order chi connectivity index (χ0) is 22.4. The van der Waals surface area contributed by atoms with Gasteiger partial charge in [-0.2, -0.15) is 0 Å². The first-order chi connectivity index (χ1) is 14.8. The van der Waals surface area contributed by atoms with E-state index in [-0.39, 0.29) is 43.2 Å². The molecule has 2 heterocycles. The molecule has 164 valence electrons. The first kappa shape index (κ1) is 22.7. The van der Waals surface area contributed by atoms with Gasteiger partial charge in [-0.1, -0.05) is 0 Å². The van der Waals surface area contributed by atoms with Gasteiger partial charge in [-0.05, 0) is 50.1 Å². The summed E-state index contributed by atoms with van der Waals surface area (Å²) in [5, 5.41) is 2.83. The maximum absolute atomic E-state index is 12.5. The summed E-state index contributed by atoms with van der Waals surface area (Å²) in [6.07, 6.45) is 2.51. The Morgan fingerprint density at radius 2 is 1.71 bits per heavy atom. The number of carbonyl (C=O) groups is 4. The fourth-order valence-corrected chi connectivity index (χ4v) is 4.41. The first-order valence-electron chi connectivity index (χ1n) is 10.4. The second kappa shape index (κ2) is 10.3. The van der Waals surface area contributed by atoms with Crippen molar-refractivity contribution in [1.82, 2.24) is 0 Å². The smallest absolute Gasteiger partial charge is 0.248 e. The van der Waals surface area contributed by atoms with E-state index in [1.807, 2.05) is 13.0 Å². The van der Waals surface area contributed by atoms with Crippen molar-refractivity contribution in [1.29, 1.82) is 0 Å². The molecule has 0 aliphatic carbocycles. The number of Topliss-reactive ketones (excluding diaryl/α,β-unsaturated/α-hetero) is 2. The summed E-state index contributed by atoms with van der Waals surface area (Å²) in [5.41, 5.74) is 7.07. The van der Waals surface area contributed by atoms with E-state index in [9.17, 15) is 19.2 Å². The van der Waals surface area contributed by atoms with Gasteiger partial charge in [0.15, 0.2) is 5.78 Å². The van der Waals surface area contributed by atoms with E-state index in [1.165, 1.54) is 11.3 Å². The maximum Gasteiger partial charge on any atom is 0.248 e. The second-order valence-electron chi connectivity index (χ2n) is 7.71. The van der Waals surface area contributed by atoms with Crippen LogP contribution in [0.1, 0.15) is 63.4 Å². The zero-order valence-electron chi connectivity index (χ0n) is 17.6. The fourth-order valence-electron chi connectivity index (χ4n) is 3.57. The molecule has 8 heteroatoms. The molecule has 0 radical (unpaired) electrons. The van der Waals surface area contributed by atoms with Gasteiger partial charge in [0, 0.05) is 49.2 Å². The van der Waals surface area contributed by atoms with Gasteiger partial charge in [0.1, 0.15) is 5.78 Å². The number of rotatable bonds is 10. The van der Waals surface area contributed by atoms with Crippen LogP contribution >= 0.6 is 11.3 Å². The largest absolute Gasteiger partial charge is 0.370 e. The van der Waals surface area contributed by atoms with Gasteiger partial charge >= 0.3 is 0 Å². The number of ketones is 2. The molecule has 1 aliphatic heterocycles. The van der Waals surface area contributed by atoms with Crippen LogP contribution < -0.4 is 16.0 Å². The van der Waals surface area contributed by atoms with Crippen LogP contribution in [0.2, 0.25) is 0 Å². The van der Waals surface area contributed by atoms with Gasteiger partial charge in [-0.25, -0.2) is 0 Å². The monoisotopic (exact) mass is 441 g/mol. The molecule has 0 spiro atoms. The third kappa shape index (κ3) is 6.24. The van der Waals surface area contributed by atoms with Crippen LogP contribution in [-0.4, -0.2) is 36.5 Å². The number of anilines is 2. The van der Waals surface area contributed by atoms with Gasteiger partial charge in [0.05, 0.1) is 16.3 Å². The minimum atomic E-state index is -0.566. The highest BCUT2D eigenvalue weighted by Crippen LogP contribution is 2.30. The molecule has 0 atom stereocenters. The summed E-state index contributed by atoms with van der Waals surface area (Å²) in [7, 11) is 0. The Morgan fingerprint density at radius 1 is 1.00 bits per heavy atom. The van der Waals surface area contributed by atoms with E-state index < -0.39 is 5.91 Å². The lowest BCUT2D eigenvalue weighted by molar-refractivity contribution is -0.122. The molecule has 1 aliphatic rings. The average molecular weight is 442 g/mol. The normalized spacial score (nSPS) is 13.3. The summed E-state index contributed by atoms with van der Waals surface area (Å²) < 4.78 is 0. The van der Waals surface area contributed by atoms with E-state index in [4.69, 9.17) is 5.73 Å². The highest BCUT2D eigenvalue weighted by Gasteiger charge is 2.19. The van der Waals surface area contributed by atoms with Crippen molar-refractivity contribution in [3.8, 4) is 0 Å². The van der Waals surface area contributed by atoms with E-state index in [0.717, 1.165) is 36.5 Å². The molecule has 0 saturated carbocycles. The highest BCUT2D eigenvalue weighted by molar-refractivity contribution is 7.14. The van der Waals surface area contributed by atoms with Crippen LogP contribution in [0, 0.1) is 6.92 Å². The van der Waals surface area contributed by atoms with Crippen molar-refractivity contribution < 1.29 is 19.2 Å². The molecule has 1 fully saturated rings. The predicted octanol–water partition coefficient (Wildman–Crippen LogP) is 3.71. The number of hydrogen-bond donors (Lipinski definition) is 2. The van der Waals surface area contributed by atoms with Crippen LogP contribution in [0.25, 0.3) is 0 Å². The molecular formula is C23H27N3O4S. The highest BCUT2D eigenvalue weighted by atomic mass is 32.1. The molecule has 2 aromatic rings. The Hall–Kier alpha value is -3.00. The molecule has 1 saturated heterocycles. The Balaban J connectivity index is 1.53. The van der Waals surface area contributed by atoms with Gasteiger partial charge in [0.2, 0.25) is 11.8 Å². The summed E-state index contributed by atoms with van der Waals surface area (Å²) >= 11 is 1.42. The van der Waals surface area contributed by atoms with Gasteiger partial charge in [0.25, 0.3) is 0 Å². The lowest BCUT2D eigenvalue weighted by Gasteiger charge is -2.22. The Kier molecular flexibility index (Phi) is 7.57. The summed E-state index contributed by atoms with van der Waals surface area (Å²) in [5.74, 6) is -1.04. The standard InChI is InChI=1S/C23H27N3O4S/c1-15-4-10-21(31-15)20(28)9-6-17(27)7-11-22(29)25-18-14-16(23(24)30)5-8-19(18)26-12-2-3-13-26/h4-5,8,10,14H,2-3,6-7,9,11-13H2,1H3,(H2,24,30)(H,25,29). The van der Waals surface area contributed by atoms with Crippen molar-refractivity contribution >= 4 is 46.1 Å². The minimum absolute atomic E-state index is 0.0192. The number of amides is 2. The zero-order valence-corrected chi connectivity index (χ0v) is 18.4. The van der Waals surface area contributed by atoms with E-state index >= 15 is 0 Å². The van der Waals surface area contributed by atoms with Crippen LogP contribution in [0.15, 0.2) is 30.3 Å². The molecule has 0 bridgehead atoms. The van der Waals surface area contributed by atoms with Crippen molar-refractivity contribution in [2.24, 2.45) is 5.73 Å². The number of primary amides is 1. The molecule has 1 aromatic heterocycles. The van der Waals surface area contributed by atoms with Crippen molar-refractivity contribution in [3.63, 3.8) is 0 Å². The third-order valence-corrected chi connectivity index (χ3v) is 6.32. The lowest BCUT2D eigenvalue weighted by atomic mass is 10.1. The summed E-state index contributed by atoms with van der Waals surface area (Å²) in [6, 6.07) is 8.69. The van der Waals surface area contributed by atoms with Gasteiger partial charge in [-0.3, -0.25) is 19.2 Å². The van der Waals surface area contributed by atoms with Gasteiger partial charge in [-0.15, -0.1) is 11.3 Å². The number of benzene rings is 1. The molecule has 31 heavy (non-hydrogen) atoms. The average Bonchev–Trinajstić information content (AvgIpc) is 3.42. The maximum atomic E-state index is 12.5. The summed E-state index contributed by atoms with van der Waals surface area (Å²) in [6.45, 7) is 3.70. The van der Waals surface area contributed by atoms with Crippen LogP contribution in [0.5, 0.6) is 0 Å². The van der Waals surface area contributed by atoms with Crippen LogP contribution in [0.3, 0.4) is 0 Å². The van der Waals surface area contributed by atoms with Crippen molar-refractivity contribution in [3.05, 3.63) is 45.6 Å². The molecule has 7 nitrogen and oxygen atoms in total. The Bertz CT molecular complexity index is 992. The fraction of sp³-hybridized carbons (Fsp3) is 0.391. The number of aryl methyl sites for hydroxylation is 1. The molecule has 0 unspecified atom stereocenters. The predicted molar refractivity (Wildman–Crippen MR) is 122 cm³/mol. The quantitative estimate of drug-likeness (QED) is 0.546. The SMILES string of the molecule is Cc1ccc(C(=O)CCC(=O)CCC(=O)Nc2cc(C(N)=O)ccc2N2CCCC2)s1. The molecule has 1 aromatic carbocycles. The number of carbonyl (C=O) groups excluding carboxylic acids is 4. The minimum Gasteiger partial charge on any atom is -0.370 e. The van der Waals surface area contributed by atoms with Gasteiger partial charge < -0.3 is 16.0 Å². The molecule has 2 amide bonds. The second-order valence-corrected chi connectivity index (χ2v) is 9.00. The van der Waals surface area contributed by atoms with E-state index in [0.29, 0.717) is 16.1 Å². The molecule has 3 rings (SSSR count). The Labute approximate surface area is 185 Å². The molecular weight excluding hydrogens is 414 g/mol. The summed E-state index contributed by atoms with van der Waals surface area (Å²) in [4.78, 5) is 52.2. The van der Waals surface area contributed by atoms with Crippen LogP contribution in [0.4, 0.5) is 11.4 Å². The van der Waals surface area contributed by atoms with E-state index in [1.54, 1.807) is 24.3 Å². The van der Waals surface area contributed by atoms with E-state index in [2.05, 4.69) is 10.2 Å². The number of nitrogens with one attached hydrogen (secondary N) is 1. The number of thiophene rings is 1. The number of hydrogen-bond acceptors (Lipinski definition) is 6. The lowest BCUT2D eigenvalue weighted by Crippen LogP contribution is -2.22. The van der Waals surface area contributed by atoms with Crippen molar-refractivity contribution in [2.45, 2.75) is 45.4 Å². The van der Waals surface area contributed by atoms with Crippen LogP contribution in [-0.2, 0) is 9.59 Å². The number of nitrogens with zero attached hydrogens (tertiary/aromatic N) is 1. The third-order valence-electron chi connectivity index (χ3n) is 5.28. The molecule has 3 N–H and O–H groups in total. The topological polar surface area (TPSA) is 110 Å².